The Kier molecular flexibility index (Phi) is 3.23. The van der Waals surface area contributed by atoms with Crippen molar-refractivity contribution < 1.29 is 4.74 Å². The molecule has 0 aromatic heterocycles. The molecule has 1 saturated carbocycles. The van der Waals surface area contributed by atoms with Gasteiger partial charge in [0, 0.05) is 18.7 Å². The van der Waals surface area contributed by atoms with Crippen LogP contribution in [0, 0.1) is 5.92 Å². The lowest BCUT2D eigenvalue weighted by Gasteiger charge is -2.33. The van der Waals surface area contributed by atoms with Crippen LogP contribution in [0.25, 0.3) is 0 Å². The van der Waals surface area contributed by atoms with Crippen molar-refractivity contribution in [2.75, 3.05) is 13.2 Å². The fourth-order valence-electron chi connectivity index (χ4n) is 2.79. The van der Waals surface area contributed by atoms with E-state index < -0.39 is 0 Å². The molecule has 2 heteroatoms. The molecular weight excluding hydrogens is 162 g/mol. The van der Waals surface area contributed by atoms with Gasteiger partial charge in [-0.1, -0.05) is 6.42 Å². The predicted molar refractivity (Wildman–Crippen MR) is 53.8 cm³/mol. The van der Waals surface area contributed by atoms with Crippen molar-refractivity contribution in [3.8, 4) is 0 Å². The van der Waals surface area contributed by atoms with Crippen molar-refractivity contribution >= 4 is 0 Å². The van der Waals surface area contributed by atoms with Crippen molar-refractivity contribution in [3.63, 3.8) is 0 Å². The van der Waals surface area contributed by atoms with Crippen molar-refractivity contribution in [1.29, 1.82) is 0 Å². The quantitative estimate of drug-likeness (QED) is 0.722. The Morgan fingerprint density at radius 2 is 2.15 bits per heavy atom. The number of nitrogens with one attached hydrogen (secondary N) is 1. The van der Waals surface area contributed by atoms with Crippen molar-refractivity contribution in [3.05, 3.63) is 0 Å². The number of rotatable bonds is 3. The molecule has 0 aromatic rings. The highest BCUT2D eigenvalue weighted by Crippen LogP contribution is 2.33. The maximum Gasteiger partial charge on any atom is 0.0619 e. The van der Waals surface area contributed by atoms with E-state index in [4.69, 9.17) is 4.74 Å². The zero-order valence-electron chi connectivity index (χ0n) is 8.59. The van der Waals surface area contributed by atoms with Gasteiger partial charge in [0.25, 0.3) is 0 Å². The summed E-state index contributed by atoms with van der Waals surface area (Å²) >= 11 is 0. The standard InChI is InChI=1S/C11H21NO/c1-2-13-8-10-7-6-9-4-3-5-11(9)12-10/h9-12H,2-8H2,1H3. The lowest BCUT2D eigenvalue weighted by atomic mass is 9.90. The summed E-state index contributed by atoms with van der Waals surface area (Å²) in [6.07, 6.45) is 7.03. The molecule has 2 nitrogen and oxygen atoms in total. The third-order valence-electron chi connectivity index (χ3n) is 3.52. The molecule has 2 fully saturated rings. The lowest BCUT2D eigenvalue weighted by Crippen LogP contribution is -2.47. The summed E-state index contributed by atoms with van der Waals surface area (Å²) in [5.74, 6) is 0.984. The predicted octanol–water partition coefficient (Wildman–Crippen LogP) is 1.94. The highest BCUT2D eigenvalue weighted by atomic mass is 16.5. The monoisotopic (exact) mass is 183 g/mol. The van der Waals surface area contributed by atoms with Crippen molar-refractivity contribution in [2.24, 2.45) is 5.92 Å². The van der Waals surface area contributed by atoms with E-state index in [1.165, 1.54) is 32.1 Å². The normalized spacial score (nSPS) is 39.0. The Balaban J connectivity index is 1.76. The minimum atomic E-state index is 0.638. The molecule has 1 aliphatic heterocycles. The lowest BCUT2D eigenvalue weighted by molar-refractivity contribution is 0.0979. The van der Waals surface area contributed by atoms with Crippen LogP contribution in [0.3, 0.4) is 0 Å². The second-order valence-corrected chi connectivity index (χ2v) is 4.40. The van der Waals surface area contributed by atoms with E-state index in [0.717, 1.165) is 25.2 Å². The van der Waals surface area contributed by atoms with E-state index in [-0.39, 0.29) is 0 Å². The number of hydrogen-bond donors (Lipinski definition) is 1. The Morgan fingerprint density at radius 1 is 1.23 bits per heavy atom. The minimum Gasteiger partial charge on any atom is -0.380 e. The average molecular weight is 183 g/mol. The highest BCUT2D eigenvalue weighted by Gasteiger charge is 2.32. The van der Waals surface area contributed by atoms with E-state index in [1.54, 1.807) is 0 Å². The third-order valence-corrected chi connectivity index (χ3v) is 3.52. The smallest absolute Gasteiger partial charge is 0.0619 e. The summed E-state index contributed by atoms with van der Waals surface area (Å²) in [4.78, 5) is 0. The molecule has 0 spiro atoms. The van der Waals surface area contributed by atoms with Crippen LogP contribution >= 0.6 is 0 Å². The summed E-state index contributed by atoms with van der Waals surface area (Å²) in [6.45, 7) is 3.84. The molecule has 3 unspecified atom stereocenters. The molecule has 13 heavy (non-hydrogen) atoms. The molecule has 1 N–H and O–H groups in total. The van der Waals surface area contributed by atoms with Crippen LogP contribution in [0.1, 0.15) is 39.0 Å². The maximum atomic E-state index is 5.46. The van der Waals surface area contributed by atoms with E-state index >= 15 is 0 Å². The van der Waals surface area contributed by atoms with Gasteiger partial charge in [-0.15, -0.1) is 0 Å². The summed E-state index contributed by atoms with van der Waals surface area (Å²) in [5, 5.41) is 3.73. The Morgan fingerprint density at radius 3 is 3.00 bits per heavy atom. The molecule has 1 saturated heterocycles. The SMILES string of the molecule is CCOCC1CCC2CCCC2N1. The van der Waals surface area contributed by atoms with Crippen LogP contribution in [-0.2, 0) is 4.74 Å². The molecule has 76 valence electrons. The van der Waals surface area contributed by atoms with Gasteiger partial charge in [-0.05, 0) is 38.5 Å². The van der Waals surface area contributed by atoms with Crippen LogP contribution in [-0.4, -0.2) is 25.3 Å². The molecule has 0 amide bonds. The summed E-state index contributed by atoms with van der Waals surface area (Å²) in [7, 11) is 0. The number of ether oxygens (including phenoxy) is 1. The topological polar surface area (TPSA) is 21.3 Å². The first kappa shape index (κ1) is 9.47. The molecule has 1 heterocycles. The second-order valence-electron chi connectivity index (χ2n) is 4.40. The van der Waals surface area contributed by atoms with E-state index in [9.17, 15) is 0 Å². The fraction of sp³-hybridized carbons (Fsp3) is 1.00. The van der Waals surface area contributed by atoms with Gasteiger partial charge in [-0.3, -0.25) is 0 Å². The van der Waals surface area contributed by atoms with Crippen LogP contribution in [0.5, 0.6) is 0 Å². The van der Waals surface area contributed by atoms with Crippen molar-refractivity contribution in [2.45, 2.75) is 51.1 Å². The van der Waals surface area contributed by atoms with E-state index in [2.05, 4.69) is 12.2 Å². The van der Waals surface area contributed by atoms with Crippen LogP contribution in [0.2, 0.25) is 0 Å². The number of fused-ring (bicyclic) bond motifs is 1. The van der Waals surface area contributed by atoms with Crippen molar-refractivity contribution in [1.82, 2.24) is 5.32 Å². The average Bonchev–Trinajstić information content (AvgIpc) is 2.61. The van der Waals surface area contributed by atoms with E-state index in [0.29, 0.717) is 6.04 Å². The Labute approximate surface area is 81.0 Å². The largest absolute Gasteiger partial charge is 0.380 e. The van der Waals surface area contributed by atoms with Gasteiger partial charge < -0.3 is 10.1 Å². The van der Waals surface area contributed by atoms with Gasteiger partial charge in [-0.25, -0.2) is 0 Å². The fourth-order valence-corrected chi connectivity index (χ4v) is 2.79. The molecule has 2 rings (SSSR count). The van der Waals surface area contributed by atoms with Crippen LogP contribution < -0.4 is 5.32 Å². The first-order valence-corrected chi connectivity index (χ1v) is 5.74. The molecule has 0 aromatic carbocycles. The summed E-state index contributed by atoms with van der Waals surface area (Å²) < 4.78 is 5.46. The minimum absolute atomic E-state index is 0.638. The van der Waals surface area contributed by atoms with Gasteiger partial charge >= 0.3 is 0 Å². The molecule has 0 bridgehead atoms. The zero-order valence-corrected chi connectivity index (χ0v) is 8.59. The van der Waals surface area contributed by atoms with Gasteiger partial charge in [0.05, 0.1) is 6.61 Å². The highest BCUT2D eigenvalue weighted by molar-refractivity contribution is 4.90. The van der Waals surface area contributed by atoms with Crippen LogP contribution in [0.15, 0.2) is 0 Å². The Bertz CT molecular complexity index is 160. The van der Waals surface area contributed by atoms with Gasteiger partial charge in [0.2, 0.25) is 0 Å². The summed E-state index contributed by atoms with van der Waals surface area (Å²) in [6, 6.07) is 1.46. The second kappa shape index (κ2) is 4.43. The zero-order chi connectivity index (χ0) is 9.10. The molecule has 2 aliphatic rings. The molecular formula is C11H21NO. The molecule has 0 radical (unpaired) electrons. The van der Waals surface area contributed by atoms with Crippen LogP contribution in [0.4, 0.5) is 0 Å². The Hall–Kier alpha value is -0.0800. The first-order valence-electron chi connectivity index (χ1n) is 5.74. The number of piperidine rings is 1. The third kappa shape index (κ3) is 2.23. The van der Waals surface area contributed by atoms with Gasteiger partial charge in [0.15, 0.2) is 0 Å². The molecule has 1 aliphatic carbocycles. The molecule has 3 atom stereocenters. The van der Waals surface area contributed by atoms with Gasteiger partial charge in [-0.2, -0.15) is 0 Å². The first-order chi connectivity index (χ1) is 6.40. The number of hydrogen-bond acceptors (Lipinski definition) is 2. The van der Waals surface area contributed by atoms with Gasteiger partial charge in [0.1, 0.15) is 0 Å². The maximum absolute atomic E-state index is 5.46. The summed E-state index contributed by atoms with van der Waals surface area (Å²) in [5.41, 5.74) is 0. The van der Waals surface area contributed by atoms with E-state index in [1.807, 2.05) is 0 Å².